The zero-order valence-electron chi connectivity index (χ0n) is 7.81. The number of aromatic nitrogens is 2. The average molecular weight is 334 g/mol. The molecular formula is C10H7Br2FN2. The van der Waals surface area contributed by atoms with Crippen LogP contribution in [0.3, 0.4) is 0 Å². The van der Waals surface area contributed by atoms with Crippen molar-refractivity contribution in [2.75, 3.05) is 0 Å². The van der Waals surface area contributed by atoms with E-state index in [9.17, 15) is 4.39 Å². The molecule has 78 valence electrons. The fraction of sp³-hybridized carbons (Fsp3) is 0.100. The molecule has 5 heteroatoms. The summed E-state index contributed by atoms with van der Waals surface area (Å²) in [6.07, 6.45) is 0. The summed E-state index contributed by atoms with van der Waals surface area (Å²) >= 11 is 6.58. The van der Waals surface area contributed by atoms with Crippen molar-refractivity contribution in [3.8, 4) is 11.3 Å². The van der Waals surface area contributed by atoms with E-state index in [0.29, 0.717) is 15.7 Å². The van der Waals surface area contributed by atoms with E-state index < -0.39 is 0 Å². The van der Waals surface area contributed by atoms with Gasteiger partial charge in [0, 0.05) is 15.7 Å². The van der Waals surface area contributed by atoms with Gasteiger partial charge in [0.15, 0.2) is 0 Å². The first kappa shape index (κ1) is 10.8. The minimum atomic E-state index is -0.295. The van der Waals surface area contributed by atoms with Crippen molar-refractivity contribution in [3.05, 3.63) is 38.7 Å². The highest BCUT2D eigenvalue weighted by molar-refractivity contribution is 9.10. The summed E-state index contributed by atoms with van der Waals surface area (Å²) in [5, 5.41) is 6.85. The van der Waals surface area contributed by atoms with Crippen LogP contribution in [0.25, 0.3) is 11.3 Å². The van der Waals surface area contributed by atoms with E-state index in [1.54, 1.807) is 12.1 Å². The number of hydrogen-bond donors (Lipinski definition) is 1. The van der Waals surface area contributed by atoms with E-state index in [0.717, 1.165) is 10.2 Å². The van der Waals surface area contributed by atoms with Crippen LogP contribution in [0.2, 0.25) is 0 Å². The van der Waals surface area contributed by atoms with Gasteiger partial charge in [0.05, 0.1) is 4.47 Å². The Morgan fingerprint density at radius 3 is 2.60 bits per heavy atom. The summed E-state index contributed by atoms with van der Waals surface area (Å²) in [4.78, 5) is 0. The smallest absolute Gasteiger partial charge is 0.133 e. The van der Waals surface area contributed by atoms with Gasteiger partial charge in [-0.2, -0.15) is 5.10 Å². The Morgan fingerprint density at radius 2 is 2.07 bits per heavy atom. The van der Waals surface area contributed by atoms with Crippen molar-refractivity contribution in [3.63, 3.8) is 0 Å². The molecule has 0 fully saturated rings. The van der Waals surface area contributed by atoms with Gasteiger partial charge in [-0.15, -0.1) is 0 Å². The van der Waals surface area contributed by atoms with Crippen molar-refractivity contribution >= 4 is 31.9 Å². The lowest BCUT2D eigenvalue weighted by Gasteiger charge is -2.00. The van der Waals surface area contributed by atoms with Crippen LogP contribution in [0.15, 0.2) is 27.1 Å². The maximum Gasteiger partial charge on any atom is 0.133 e. The predicted molar refractivity (Wildman–Crippen MR) is 64.1 cm³/mol. The Kier molecular flexibility index (Phi) is 2.93. The van der Waals surface area contributed by atoms with E-state index in [1.165, 1.54) is 6.07 Å². The number of hydrogen-bond acceptors (Lipinski definition) is 1. The summed E-state index contributed by atoms with van der Waals surface area (Å²) in [5.74, 6) is -0.295. The molecule has 0 aliphatic rings. The third kappa shape index (κ3) is 1.99. The van der Waals surface area contributed by atoms with E-state index in [4.69, 9.17) is 0 Å². The summed E-state index contributed by atoms with van der Waals surface area (Å²) in [6, 6.07) is 4.90. The van der Waals surface area contributed by atoms with Crippen LogP contribution in [-0.4, -0.2) is 10.2 Å². The maximum absolute atomic E-state index is 13.6. The molecule has 0 amide bonds. The van der Waals surface area contributed by atoms with Crippen molar-refractivity contribution in [2.45, 2.75) is 6.92 Å². The number of aryl methyl sites for hydroxylation is 1. The quantitative estimate of drug-likeness (QED) is 0.838. The first-order chi connectivity index (χ1) is 7.09. The van der Waals surface area contributed by atoms with Gasteiger partial charge in [0.25, 0.3) is 0 Å². The number of nitrogens with one attached hydrogen (secondary N) is 1. The van der Waals surface area contributed by atoms with E-state index in [1.807, 2.05) is 6.92 Å². The second-order valence-electron chi connectivity index (χ2n) is 3.14. The summed E-state index contributed by atoms with van der Waals surface area (Å²) in [5.41, 5.74) is 1.96. The van der Waals surface area contributed by atoms with E-state index in [2.05, 4.69) is 42.1 Å². The molecular weight excluding hydrogens is 327 g/mol. The van der Waals surface area contributed by atoms with Crippen LogP contribution in [0.1, 0.15) is 5.69 Å². The molecule has 0 aliphatic heterocycles. The number of H-pyrrole nitrogens is 1. The lowest BCUT2D eigenvalue weighted by Crippen LogP contribution is -1.85. The maximum atomic E-state index is 13.6. The Labute approximate surface area is 103 Å². The third-order valence-corrected chi connectivity index (χ3v) is 3.52. The van der Waals surface area contributed by atoms with Crippen molar-refractivity contribution in [2.24, 2.45) is 0 Å². The van der Waals surface area contributed by atoms with Crippen LogP contribution in [-0.2, 0) is 0 Å². The van der Waals surface area contributed by atoms with Gasteiger partial charge in [-0.05, 0) is 41.1 Å². The van der Waals surface area contributed by atoms with Gasteiger partial charge in [0.2, 0.25) is 0 Å². The van der Waals surface area contributed by atoms with Gasteiger partial charge < -0.3 is 0 Å². The second-order valence-corrected chi connectivity index (χ2v) is 4.84. The predicted octanol–water partition coefficient (Wildman–Crippen LogP) is 4.05. The van der Waals surface area contributed by atoms with Gasteiger partial charge in [-0.1, -0.05) is 15.9 Å². The molecule has 2 aromatic rings. The van der Waals surface area contributed by atoms with Crippen molar-refractivity contribution in [1.29, 1.82) is 0 Å². The van der Waals surface area contributed by atoms with Crippen LogP contribution < -0.4 is 0 Å². The van der Waals surface area contributed by atoms with Crippen molar-refractivity contribution < 1.29 is 4.39 Å². The monoisotopic (exact) mass is 332 g/mol. The first-order valence-corrected chi connectivity index (χ1v) is 5.84. The number of aromatic amines is 1. The summed E-state index contributed by atoms with van der Waals surface area (Å²) < 4.78 is 15.1. The Bertz CT molecular complexity index is 508. The minimum Gasteiger partial charge on any atom is -0.281 e. The lowest BCUT2D eigenvalue weighted by molar-refractivity contribution is 0.629. The molecule has 0 bridgehead atoms. The molecule has 1 heterocycles. The van der Waals surface area contributed by atoms with Crippen LogP contribution in [0.5, 0.6) is 0 Å². The minimum absolute atomic E-state index is 0.295. The largest absolute Gasteiger partial charge is 0.281 e. The van der Waals surface area contributed by atoms with Crippen LogP contribution in [0, 0.1) is 12.7 Å². The SMILES string of the molecule is Cc1[nH]nc(-c2ccc(Br)cc2F)c1Br. The summed E-state index contributed by atoms with van der Waals surface area (Å²) in [6.45, 7) is 1.87. The fourth-order valence-corrected chi connectivity index (χ4v) is 2.00. The van der Waals surface area contributed by atoms with Gasteiger partial charge in [0.1, 0.15) is 11.5 Å². The van der Waals surface area contributed by atoms with E-state index in [-0.39, 0.29) is 5.82 Å². The zero-order valence-corrected chi connectivity index (χ0v) is 11.0. The first-order valence-electron chi connectivity index (χ1n) is 4.25. The number of rotatable bonds is 1. The highest BCUT2D eigenvalue weighted by Gasteiger charge is 2.13. The molecule has 2 rings (SSSR count). The van der Waals surface area contributed by atoms with Gasteiger partial charge in [-0.25, -0.2) is 4.39 Å². The van der Waals surface area contributed by atoms with Gasteiger partial charge in [-0.3, -0.25) is 5.10 Å². The fourth-order valence-electron chi connectivity index (χ4n) is 1.28. The standard InChI is InChI=1S/C10H7Br2FN2/c1-5-9(12)10(15-14-5)7-3-2-6(11)4-8(7)13/h2-4H,1H3,(H,14,15). The number of nitrogens with zero attached hydrogens (tertiary/aromatic N) is 1. The molecule has 0 radical (unpaired) electrons. The lowest BCUT2D eigenvalue weighted by atomic mass is 10.1. The topological polar surface area (TPSA) is 28.7 Å². The molecule has 0 spiro atoms. The molecule has 0 saturated heterocycles. The molecule has 1 aromatic carbocycles. The molecule has 1 aromatic heterocycles. The highest BCUT2D eigenvalue weighted by atomic mass is 79.9. The Balaban J connectivity index is 2.59. The Morgan fingerprint density at radius 1 is 1.33 bits per heavy atom. The number of benzene rings is 1. The highest BCUT2D eigenvalue weighted by Crippen LogP contribution is 2.31. The van der Waals surface area contributed by atoms with Crippen molar-refractivity contribution in [1.82, 2.24) is 10.2 Å². The molecule has 0 atom stereocenters. The van der Waals surface area contributed by atoms with Crippen LogP contribution in [0.4, 0.5) is 4.39 Å². The Hall–Kier alpha value is -0.680. The average Bonchev–Trinajstić information content (AvgIpc) is 2.49. The number of halogens is 3. The molecule has 15 heavy (non-hydrogen) atoms. The normalized spacial score (nSPS) is 10.7. The summed E-state index contributed by atoms with van der Waals surface area (Å²) in [7, 11) is 0. The molecule has 0 aliphatic carbocycles. The second kappa shape index (κ2) is 4.06. The molecule has 1 N–H and O–H groups in total. The molecule has 0 saturated carbocycles. The molecule has 0 unspecified atom stereocenters. The third-order valence-electron chi connectivity index (χ3n) is 2.06. The van der Waals surface area contributed by atoms with E-state index >= 15 is 0 Å². The zero-order chi connectivity index (χ0) is 11.0. The van der Waals surface area contributed by atoms with Gasteiger partial charge >= 0.3 is 0 Å². The molecule has 2 nitrogen and oxygen atoms in total. The van der Waals surface area contributed by atoms with Crippen LogP contribution >= 0.6 is 31.9 Å².